The number of quaternary nitrogens is 1. The van der Waals surface area contributed by atoms with E-state index in [9.17, 15) is 9.59 Å². The van der Waals surface area contributed by atoms with E-state index in [1.54, 1.807) is 21.9 Å². The first-order chi connectivity index (χ1) is 10.7. The number of nitrogens with one attached hydrogen (secondary N) is 2. The van der Waals surface area contributed by atoms with Gasteiger partial charge >= 0.3 is 0 Å². The maximum atomic E-state index is 12.1. The van der Waals surface area contributed by atoms with Crippen LogP contribution >= 0.6 is 0 Å². The molecule has 2 aliphatic heterocycles. The van der Waals surface area contributed by atoms with Crippen molar-refractivity contribution in [3.8, 4) is 0 Å². The summed E-state index contributed by atoms with van der Waals surface area (Å²) in [6.45, 7) is 4.97. The highest BCUT2D eigenvalue weighted by Gasteiger charge is 2.21. The van der Waals surface area contributed by atoms with Crippen LogP contribution in [0.5, 0.6) is 0 Å². The molecule has 0 atom stereocenters. The van der Waals surface area contributed by atoms with Gasteiger partial charge in [0, 0.05) is 37.1 Å². The third kappa shape index (κ3) is 3.47. The van der Waals surface area contributed by atoms with Gasteiger partial charge in [-0.25, -0.2) is 0 Å². The summed E-state index contributed by atoms with van der Waals surface area (Å²) in [7, 11) is 0. The minimum absolute atomic E-state index is 0.0297. The van der Waals surface area contributed by atoms with E-state index in [2.05, 4.69) is 5.32 Å². The van der Waals surface area contributed by atoms with Gasteiger partial charge in [0.15, 0.2) is 0 Å². The third-order valence-corrected chi connectivity index (χ3v) is 4.59. The van der Waals surface area contributed by atoms with Gasteiger partial charge in [-0.2, -0.15) is 0 Å². The molecule has 0 saturated carbocycles. The van der Waals surface area contributed by atoms with Crippen LogP contribution in [0.25, 0.3) is 0 Å². The van der Waals surface area contributed by atoms with E-state index in [1.807, 2.05) is 12.1 Å². The molecule has 2 fully saturated rings. The highest BCUT2D eigenvalue weighted by Crippen LogP contribution is 2.21. The van der Waals surface area contributed by atoms with Crippen molar-refractivity contribution in [3.63, 3.8) is 0 Å². The minimum atomic E-state index is -0.0297. The van der Waals surface area contributed by atoms with Crippen molar-refractivity contribution in [2.45, 2.75) is 25.7 Å². The maximum absolute atomic E-state index is 12.1. The number of carbonyl (C=O) groups is 2. The number of benzene rings is 1. The third-order valence-electron chi connectivity index (χ3n) is 4.59. The van der Waals surface area contributed by atoms with E-state index in [0.29, 0.717) is 12.0 Å². The topological polar surface area (TPSA) is 53.9 Å². The quantitative estimate of drug-likeness (QED) is 0.818. The minimum Gasteiger partial charge on any atom is -0.346 e. The fraction of sp³-hybridized carbons (Fsp3) is 0.529. The number of hydrogen-bond donors (Lipinski definition) is 2. The van der Waals surface area contributed by atoms with Crippen LogP contribution in [0.15, 0.2) is 24.3 Å². The van der Waals surface area contributed by atoms with Crippen molar-refractivity contribution in [2.24, 2.45) is 0 Å². The fourth-order valence-electron chi connectivity index (χ4n) is 3.29. The van der Waals surface area contributed by atoms with Crippen molar-refractivity contribution < 1.29 is 14.5 Å². The zero-order valence-corrected chi connectivity index (χ0v) is 12.9. The van der Waals surface area contributed by atoms with Crippen LogP contribution in [-0.4, -0.2) is 44.5 Å². The van der Waals surface area contributed by atoms with Crippen molar-refractivity contribution >= 4 is 17.5 Å². The molecule has 3 rings (SSSR count). The molecule has 0 spiro atoms. The Morgan fingerprint density at radius 3 is 2.50 bits per heavy atom. The number of carbonyl (C=O) groups excluding carboxylic acids is 2. The van der Waals surface area contributed by atoms with Crippen molar-refractivity contribution in [3.05, 3.63) is 29.8 Å². The lowest BCUT2D eigenvalue weighted by Gasteiger charge is -2.16. The van der Waals surface area contributed by atoms with Crippen molar-refractivity contribution in [2.75, 3.05) is 37.6 Å². The highest BCUT2D eigenvalue weighted by atomic mass is 16.2. The average Bonchev–Trinajstić information content (AvgIpc) is 3.19. The summed E-state index contributed by atoms with van der Waals surface area (Å²) in [5.41, 5.74) is 1.55. The molecule has 2 N–H and O–H groups in total. The summed E-state index contributed by atoms with van der Waals surface area (Å²) in [6, 6.07) is 7.34. The van der Waals surface area contributed by atoms with Gasteiger partial charge in [0.1, 0.15) is 0 Å². The molecule has 2 amide bonds. The first-order valence-electron chi connectivity index (χ1n) is 8.26. The zero-order chi connectivity index (χ0) is 15.4. The molecule has 118 valence electrons. The van der Waals surface area contributed by atoms with E-state index in [1.165, 1.54) is 25.9 Å². The lowest BCUT2D eigenvalue weighted by molar-refractivity contribution is -0.886. The summed E-state index contributed by atoms with van der Waals surface area (Å²) < 4.78 is 0. The number of amides is 2. The van der Waals surface area contributed by atoms with Crippen LogP contribution in [0, 0.1) is 0 Å². The first-order valence-corrected chi connectivity index (χ1v) is 8.26. The van der Waals surface area contributed by atoms with Crippen LogP contribution in [0.4, 0.5) is 5.69 Å². The lowest BCUT2D eigenvalue weighted by atomic mass is 10.2. The molecule has 1 aromatic carbocycles. The molecular weight excluding hydrogens is 278 g/mol. The molecule has 1 aromatic rings. The summed E-state index contributed by atoms with van der Waals surface area (Å²) >= 11 is 0. The summed E-state index contributed by atoms with van der Waals surface area (Å²) in [4.78, 5) is 27.2. The van der Waals surface area contributed by atoms with Crippen molar-refractivity contribution in [1.82, 2.24) is 5.32 Å². The molecule has 0 bridgehead atoms. The highest BCUT2D eigenvalue weighted by molar-refractivity contribution is 5.97. The zero-order valence-electron chi connectivity index (χ0n) is 12.9. The number of anilines is 1. The number of nitrogens with zero attached hydrogens (tertiary/aromatic N) is 1. The van der Waals surface area contributed by atoms with Gasteiger partial charge in [0.2, 0.25) is 5.91 Å². The lowest BCUT2D eigenvalue weighted by Crippen LogP contribution is -3.10. The number of hydrogen-bond acceptors (Lipinski definition) is 2. The Morgan fingerprint density at radius 1 is 1.14 bits per heavy atom. The van der Waals surface area contributed by atoms with E-state index >= 15 is 0 Å². The Kier molecular flexibility index (Phi) is 4.73. The largest absolute Gasteiger partial charge is 0.346 e. The summed E-state index contributed by atoms with van der Waals surface area (Å²) in [6.07, 6.45) is 4.15. The maximum Gasteiger partial charge on any atom is 0.251 e. The van der Waals surface area contributed by atoms with Crippen LogP contribution in [-0.2, 0) is 4.79 Å². The van der Waals surface area contributed by atoms with E-state index in [4.69, 9.17) is 0 Å². The molecule has 22 heavy (non-hydrogen) atoms. The van der Waals surface area contributed by atoms with Crippen LogP contribution < -0.4 is 15.1 Å². The van der Waals surface area contributed by atoms with Gasteiger partial charge < -0.3 is 15.1 Å². The Labute approximate surface area is 131 Å². The van der Waals surface area contributed by atoms with Crippen molar-refractivity contribution in [1.29, 1.82) is 0 Å². The average molecular weight is 302 g/mol. The molecule has 0 aromatic heterocycles. The van der Waals surface area contributed by atoms with Gasteiger partial charge in [0.05, 0.1) is 26.2 Å². The van der Waals surface area contributed by atoms with Gasteiger partial charge in [-0.3, -0.25) is 9.59 Å². The van der Waals surface area contributed by atoms with Crippen LogP contribution in [0.1, 0.15) is 36.0 Å². The Balaban J connectivity index is 1.51. The van der Waals surface area contributed by atoms with E-state index < -0.39 is 0 Å². The molecule has 5 heteroatoms. The molecular formula is C17H24N3O2+. The Bertz CT molecular complexity index is 535. The second-order valence-corrected chi connectivity index (χ2v) is 6.16. The molecule has 2 aliphatic rings. The van der Waals surface area contributed by atoms with Gasteiger partial charge in [-0.1, -0.05) is 0 Å². The van der Waals surface area contributed by atoms with Gasteiger partial charge in [-0.05, 0) is 30.7 Å². The number of rotatable bonds is 5. The molecule has 0 radical (unpaired) electrons. The smallest absolute Gasteiger partial charge is 0.251 e. The Hall–Kier alpha value is -1.88. The van der Waals surface area contributed by atoms with E-state index in [-0.39, 0.29) is 11.8 Å². The second-order valence-electron chi connectivity index (χ2n) is 6.16. The molecule has 0 unspecified atom stereocenters. The van der Waals surface area contributed by atoms with Gasteiger partial charge in [0.25, 0.3) is 5.91 Å². The second kappa shape index (κ2) is 6.92. The SMILES string of the molecule is O=C(NCC[NH+]1CCCC1)c1ccc(N2CCCC2=O)cc1. The first kappa shape index (κ1) is 15.0. The summed E-state index contributed by atoms with van der Waals surface area (Å²) in [5, 5.41) is 2.98. The molecule has 2 saturated heterocycles. The number of likely N-dealkylation sites (tertiary alicyclic amines) is 1. The fourth-order valence-corrected chi connectivity index (χ4v) is 3.29. The van der Waals surface area contributed by atoms with Crippen LogP contribution in [0.2, 0.25) is 0 Å². The van der Waals surface area contributed by atoms with Crippen LogP contribution in [0.3, 0.4) is 0 Å². The molecule has 0 aliphatic carbocycles. The summed E-state index contributed by atoms with van der Waals surface area (Å²) in [5.74, 6) is 0.142. The predicted molar refractivity (Wildman–Crippen MR) is 85.2 cm³/mol. The molecule has 2 heterocycles. The predicted octanol–water partition coefficient (Wildman–Crippen LogP) is 0.222. The Morgan fingerprint density at radius 2 is 1.86 bits per heavy atom. The molecule has 5 nitrogen and oxygen atoms in total. The normalized spacial score (nSPS) is 18.9. The van der Waals surface area contributed by atoms with E-state index in [0.717, 1.165) is 31.7 Å². The monoisotopic (exact) mass is 302 g/mol. The standard InChI is InChI=1S/C17H23N3O2/c21-16-4-3-12-20(16)15-7-5-14(6-8-15)17(22)18-9-13-19-10-1-2-11-19/h5-8H,1-4,9-13H2,(H,18,22)/p+1. The van der Waals surface area contributed by atoms with Gasteiger partial charge in [-0.15, -0.1) is 0 Å².